The molecule has 0 bridgehead atoms. The fourth-order valence-corrected chi connectivity index (χ4v) is 2.90. The number of aryl methyl sites for hydroxylation is 1. The van der Waals surface area contributed by atoms with E-state index in [1.807, 2.05) is 29.0 Å². The number of rotatable bonds is 1. The van der Waals surface area contributed by atoms with Crippen LogP contribution in [0.5, 0.6) is 0 Å². The summed E-state index contributed by atoms with van der Waals surface area (Å²) >= 11 is 0. The number of nitrogens with one attached hydrogen (secondary N) is 1. The Morgan fingerprint density at radius 1 is 1.37 bits per heavy atom. The third-order valence-corrected chi connectivity index (χ3v) is 3.97. The number of hydrogen-bond acceptors (Lipinski definition) is 2. The number of pyridine rings is 1. The number of fused-ring (bicyclic) bond motifs is 2. The third-order valence-electron chi connectivity index (χ3n) is 3.97. The van der Waals surface area contributed by atoms with Gasteiger partial charge in [-0.1, -0.05) is 13.0 Å². The van der Waals surface area contributed by atoms with Gasteiger partial charge in [0.05, 0.1) is 23.0 Å². The summed E-state index contributed by atoms with van der Waals surface area (Å²) in [5.74, 6) is 1.71. The van der Waals surface area contributed by atoms with Crippen LogP contribution in [-0.4, -0.2) is 19.6 Å². The Balaban J connectivity index is 1.84. The number of aromatic nitrogens is 4. The maximum atomic E-state index is 4.77. The normalized spacial score (nSPS) is 18.7. The number of H-pyrrole nitrogens is 1. The van der Waals surface area contributed by atoms with Crippen molar-refractivity contribution >= 4 is 5.52 Å². The van der Waals surface area contributed by atoms with Crippen molar-refractivity contribution < 1.29 is 0 Å². The molecule has 4 rings (SSSR count). The SMILES string of the molecule is CC1CCc2nc(-c3cnn4ccccc34)[nH]c2C1. The van der Waals surface area contributed by atoms with Crippen LogP contribution in [0.25, 0.3) is 16.9 Å². The van der Waals surface area contributed by atoms with Crippen LogP contribution in [-0.2, 0) is 12.8 Å². The fraction of sp³-hybridized carbons (Fsp3) is 0.333. The van der Waals surface area contributed by atoms with Crippen LogP contribution < -0.4 is 0 Å². The Hall–Kier alpha value is -2.10. The topological polar surface area (TPSA) is 46.0 Å². The van der Waals surface area contributed by atoms with Crippen LogP contribution in [0.15, 0.2) is 30.6 Å². The van der Waals surface area contributed by atoms with Gasteiger partial charge in [-0.05, 0) is 37.3 Å². The highest BCUT2D eigenvalue weighted by molar-refractivity contribution is 5.75. The zero-order valence-corrected chi connectivity index (χ0v) is 10.9. The van der Waals surface area contributed by atoms with Crippen LogP contribution >= 0.6 is 0 Å². The van der Waals surface area contributed by atoms with E-state index in [4.69, 9.17) is 4.98 Å². The maximum absolute atomic E-state index is 4.77. The summed E-state index contributed by atoms with van der Waals surface area (Å²) in [5, 5.41) is 4.37. The molecule has 1 N–H and O–H groups in total. The molecule has 3 aromatic rings. The van der Waals surface area contributed by atoms with Crippen molar-refractivity contribution in [2.45, 2.75) is 26.2 Å². The summed E-state index contributed by atoms with van der Waals surface area (Å²) in [5.41, 5.74) is 4.73. The second-order valence-electron chi connectivity index (χ2n) is 5.45. The van der Waals surface area contributed by atoms with Gasteiger partial charge in [-0.3, -0.25) is 0 Å². The smallest absolute Gasteiger partial charge is 0.141 e. The van der Waals surface area contributed by atoms with Gasteiger partial charge in [0, 0.05) is 11.9 Å². The fourth-order valence-electron chi connectivity index (χ4n) is 2.90. The van der Waals surface area contributed by atoms with Gasteiger partial charge in [0.2, 0.25) is 0 Å². The Kier molecular flexibility index (Phi) is 2.24. The van der Waals surface area contributed by atoms with Crippen molar-refractivity contribution in [1.82, 2.24) is 19.6 Å². The molecule has 1 atom stereocenters. The molecule has 1 unspecified atom stereocenters. The van der Waals surface area contributed by atoms with Crippen molar-refractivity contribution in [2.75, 3.05) is 0 Å². The molecule has 19 heavy (non-hydrogen) atoms. The molecule has 0 fully saturated rings. The minimum Gasteiger partial charge on any atom is -0.341 e. The molecule has 1 aliphatic carbocycles. The van der Waals surface area contributed by atoms with E-state index in [-0.39, 0.29) is 0 Å². The van der Waals surface area contributed by atoms with Crippen molar-refractivity contribution in [3.05, 3.63) is 42.0 Å². The molecule has 3 heterocycles. The molecule has 0 saturated carbocycles. The molecule has 3 aromatic heterocycles. The Morgan fingerprint density at radius 2 is 2.32 bits per heavy atom. The second kappa shape index (κ2) is 3.95. The van der Waals surface area contributed by atoms with Gasteiger partial charge in [0.1, 0.15) is 5.82 Å². The quantitative estimate of drug-likeness (QED) is 0.724. The Bertz CT molecular complexity index is 738. The van der Waals surface area contributed by atoms with E-state index in [1.165, 1.54) is 17.8 Å². The first-order valence-corrected chi connectivity index (χ1v) is 6.82. The van der Waals surface area contributed by atoms with E-state index in [9.17, 15) is 0 Å². The van der Waals surface area contributed by atoms with E-state index >= 15 is 0 Å². The molecular weight excluding hydrogens is 236 g/mol. The Labute approximate surface area is 111 Å². The van der Waals surface area contributed by atoms with Crippen molar-refractivity contribution in [3.63, 3.8) is 0 Å². The third kappa shape index (κ3) is 1.67. The standard InChI is InChI=1S/C15H16N4/c1-10-5-6-12-13(8-10)18-15(17-12)11-9-16-19-7-3-2-4-14(11)19/h2-4,7,9-10H,5-6,8H2,1H3,(H,17,18). The zero-order valence-electron chi connectivity index (χ0n) is 10.9. The largest absolute Gasteiger partial charge is 0.341 e. The first kappa shape index (κ1) is 10.8. The average molecular weight is 252 g/mol. The van der Waals surface area contributed by atoms with Gasteiger partial charge in [-0.15, -0.1) is 0 Å². The van der Waals surface area contributed by atoms with Crippen LogP contribution in [0, 0.1) is 5.92 Å². The number of aromatic amines is 1. The van der Waals surface area contributed by atoms with Gasteiger partial charge < -0.3 is 4.98 Å². The lowest BCUT2D eigenvalue weighted by molar-refractivity contribution is 0.492. The molecule has 0 aliphatic heterocycles. The molecule has 96 valence electrons. The summed E-state index contributed by atoms with van der Waals surface area (Å²) in [4.78, 5) is 8.26. The molecule has 0 radical (unpaired) electrons. The van der Waals surface area contributed by atoms with E-state index in [2.05, 4.69) is 23.1 Å². The lowest BCUT2D eigenvalue weighted by Gasteiger charge is -2.15. The summed E-state index contributed by atoms with van der Waals surface area (Å²) in [6.45, 7) is 2.30. The molecule has 0 spiro atoms. The lowest BCUT2D eigenvalue weighted by atomic mass is 9.92. The summed E-state index contributed by atoms with van der Waals surface area (Å²) in [6.07, 6.45) is 7.30. The summed E-state index contributed by atoms with van der Waals surface area (Å²) in [6, 6.07) is 6.09. The van der Waals surface area contributed by atoms with Gasteiger partial charge in [0.25, 0.3) is 0 Å². The van der Waals surface area contributed by atoms with E-state index in [1.54, 1.807) is 0 Å². The molecule has 0 saturated heterocycles. The predicted octanol–water partition coefficient (Wildman–Crippen LogP) is 2.85. The molecule has 4 nitrogen and oxygen atoms in total. The maximum Gasteiger partial charge on any atom is 0.141 e. The van der Waals surface area contributed by atoms with Gasteiger partial charge in [0.15, 0.2) is 0 Å². The number of hydrogen-bond donors (Lipinski definition) is 1. The van der Waals surface area contributed by atoms with E-state index in [0.717, 1.165) is 35.7 Å². The first-order chi connectivity index (χ1) is 9.31. The van der Waals surface area contributed by atoms with E-state index in [0.29, 0.717) is 0 Å². The van der Waals surface area contributed by atoms with E-state index < -0.39 is 0 Å². The van der Waals surface area contributed by atoms with Crippen molar-refractivity contribution in [1.29, 1.82) is 0 Å². The van der Waals surface area contributed by atoms with Crippen molar-refractivity contribution in [3.8, 4) is 11.4 Å². The number of imidazole rings is 1. The van der Waals surface area contributed by atoms with Crippen LogP contribution in [0.1, 0.15) is 24.7 Å². The van der Waals surface area contributed by atoms with Gasteiger partial charge in [-0.2, -0.15) is 5.10 Å². The highest BCUT2D eigenvalue weighted by Crippen LogP contribution is 2.28. The zero-order chi connectivity index (χ0) is 12.8. The molecule has 1 aliphatic rings. The summed E-state index contributed by atoms with van der Waals surface area (Å²) in [7, 11) is 0. The lowest BCUT2D eigenvalue weighted by Crippen LogP contribution is -2.10. The van der Waals surface area contributed by atoms with Crippen molar-refractivity contribution in [2.24, 2.45) is 5.92 Å². The van der Waals surface area contributed by atoms with Crippen LogP contribution in [0.4, 0.5) is 0 Å². The summed E-state index contributed by atoms with van der Waals surface area (Å²) < 4.78 is 1.89. The minimum atomic E-state index is 0.754. The predicted molar refractivity (Wildman–Crippen MR) is 74.0 cm³/mol. The van der Waals surface area contributed by atoms with Gasteiger partial charge in [-0.25, -0.2) is 9.50 Å². The van der Waals surface area contributed by atoms with Crippen LogP contribution in [0.3, 0.4) is 0 Å². The van der Waals surface area contributed by atoms with Gasteiger partial charge >= 0.3 is 0 Å². The minimum absolute atomic E-state index is 0.754. The highest BCUT2D eigenvalue weighted by Gasteiger charge is 2.20. The highest BCUT2D eigenvalue weighted by atomic mass is 15.2. The average Bonchev–Trinajstić information content (AvgIpc) is 3.00. The Morgan fingerprint density at radius 3 is 3.26 bits per heavy atom. The molecule has 4 heteroatoms. The van der Waals surface area contributed by atoms with Crippen LogP contribution in [0.2, 0.25) is 0 Å². The molecule has 0 aromatic carbocycles. The first-order valence-electron chi connectivity index (χ1n) is 6.82. The monoisotopic (exact) mass is 252 g/mol. The second-order valence-corrected chi connectivity index (χ2v) is 5.45. The molecular formula is C15H16N4. The number of nitrogens with zero attached hydrogens (tertiary/aromatic N) is 3. The molecule has 0 amide bonds.